The highest BCUT2D eigenvalue weighted by Gasteiger charge is 2.17. The van der Waals surface area contributed by atoms with E-state index >= 15 is 0 Å². The fraction of sp³-hybridized carbons (Fsp3) is 0.438. The van der Waals surface area contributed by atoms with Crippen molar-refractivity contribution in [1.82, 2.24) is 9.78 Å². The number of anilines is 1. The zero-order valence-corrected chi connectivity index (χ0v) is 15.6. The molecular weight excluding hydrogens is 332 g/mol. The molecule has 0 bridgehead atoms. The number of rotatable bonds is 8. The zero-order chi connectivity index (χ0) is 17.4. The number of carbonyl (C=O) groups excluding carboxylic acids is 1. The van der Waals surface area contributed by atoms with Gasteiger partial charge in [0.2, 0.25) is 5.91 Å². The highest BCUT2D eigenvalue weighted by atomic mass is 35.5. The predicted octanol–water partition coefficient (Wildman–Crippen LogP) is 4.11. The first-order valence-electron chi connectivity index (χ1n) is 7.29. The van der Waals surface area contributed by atoms with Crippen LogP contribution in [0.1, 0.15) is 27.2 Å². The molecule has 0 aliphatic rings. The number of amides is 1. The third kappa shape index (κ3) is 6.23. The van der Waals surface area contributed by atoms with Crippen LogP contribution in [0.2, 0.25) is 5.15 Å². The molecule has 0 atom stereocenters. The van der Waals surface area contributed by atoms with Crippen molar-refractivity contribution in [2.24, 2.45) is 4.99 Å². The summed E-state index contributed by atoms with van der Waals surface area (Å²) in [6.07, 6.45) is 7.40. The molecule has 23 heavy (non-hydrogen) atoms. The molecule has 0 aromatic carbocycles. The summed E-state index contributed by atoms with van der Waals surface area (Å²) in [7, 11) is 1.72. The maximum absolute atomic E-state index is 12.2. The molecule has 0 aliphatic carbocycles. The van der Waals surface area contributed by atoms with Crippen molar-refractivity contribution >= 4 is 47.4 Å². The van der Waals surface area contributed by atoms with Gasteiger partial charge in [0.1, 0.15) is 5.69 Å². The third-order valence-electron chi connectivity index (χ3n) is 3.04. The van der Waals surface area contributed by atoms with Crippen LogP contribution in [0.4, 0.5) is 5.69 Å². The van der Waals surface area contributed by atoms with Crippen LogP contribution in [0.15, 0.2) is 29.5 Å². The summed E-state index contributed by atoms with van der Waals surface area (Å²) in [5.41, 5.74) is 1.46. The lowest BCUT2D eigenvalue weighted by Gasteiger charge is -2.15. The number of aliphatic imine (C=N–C) groups is 1. The van der Waals surface area contributed by atoms with Crippen LogP contribution in [-0.4, -0.2) is 40.5 Å². The lowest BCUT2D eigenvalue weighted by Crippen LogP contribution is -2.26. The molecule has 1 rings (SSSR count). The van der Waals surface area contributed by atoms with Crippen LogP contribution in [0.3, 0.4) is 0 Å². The topological polar surface area (TPSA) is 50.5 Å². The third-order valence-corrected chi connectivity index (χ3v) is 4.42. The van der Waals surface area contributed by atoms with Crippen molar-refractivity contribution in [3.63, 3.8) is 0 Å². The van der Waals surface area contributed by atoms with E-state index in [4.69, 9.17) is 11.6 Å². The SMILES string of the molecule is C=N/C=C\C=C(/C)n1cc(N(C)C(=O)CCSC(C)C)c(Cl)n1. The van der Waals surface area contributed by atoms with Gasteiger partial charge in [-0.2, -0.15) is 16.9 Å². The summed E-state index contributed by atoms with van der Waals surface area (Å²) >= 11 is 7.93. The molecule has 0 unspecified atom stereocenters. The normalized spacial score (nSPS) is 12.2. The molecule has 0 saturated carbocycles. The van der Waals surface area contributed by atoms with Crippen molar-refractivity contribution in [3.05, 3.63) is 29.7 Å². The molecule has 0 radical (unpaired) electrons. The first-order chi connectivity index (χ1) is 10.9. The maximum Gasteiger partial charge on any atom is 0.227 e. The van der Waals surface area contributed by atoms with E-state index in [1.54, 1.807) is 46.9 Å². The van der Waals surface area contributed by atoms with Crippen LogP contribution < -0.4 is 4.90 Å². The van der Waals surface area contributed by atoms with Gasteiger partial charge in [-0.15, -0.1) is 0 Å². The number of carbonyl (C=O) groups is 1. The van der Waals surface area contributed by atoms with Gasteiger partial charge in [0.15, 0.2) is 5.15 Å². The van der Waals surface area contributed by atoms with Crippen LogP contribution >= 0.6 is 23.4 Å². The second kappa shape index (κ2) is 9.57. The van der Waals surface area contributed by atoms with Crippen molar-refractivity contribution in [2.45, 2.75) is 32.4 Å². The number of nitrogens with zero attached hydrogens (tertiary/aromatic N) is 4. The van der Waals surface area contributed by atoms with E-state index in [0.717, 1.165) is 11.4 Å². The van der Waals surface area contributed by atoms with E-state index in [1.165, 1.54) is 0 Å². The summed E-state index contributed by atoms with van der Waals surface area (Å²) < 4.78 is 1.64. The number of aromatic nitrogens is 2. The highest BCUT2D eigenvalue weighted by Crippen LogP contribution is 2.25. The average Bonchev–Trinajstić information content (AvgIpc) is 2.88. The van der Waals surface area contributed by atoms with Crippen molar-refractivity contribution in [2.75, 3.05) is 17.7 Å². The predicted molar refractivity (Wildman–Crippen MR) is 101 cm³/mol. The number of halogens is 1. The van der Waals surface area contributed by atoms with Gasteiger partial charge < -0.3 is 4.90 Å². The van der Waals surface area contributed by atoms with Gasteiger partial charge in [0.05, 0.1) is 6.20 Å². The summed E-state index contributed by atoms with van der Waals surface area (Å²) in [5, 5.41) is 5.06. The minimum Gasteiger partial charge on any atom is -0.311 e. The van der Waals surface area contributed by atoms with Crippen LogP contribution in [0, 0.1) is 0 Å². The Morgan fingerprint density at radius 2 is 2.30 bits per heavy atom. The Hall–Kier alpha value is -1.53. The van der Waals surface area contributed by atoms with Crippen LogP contribution in [-0.2, 0) is 4.79 Å². The summed E-state index contributed by atoms with van der Waals surface area (Å²) in [6.45, 7) is 9.49. The fourth-order valence-electron chi connectivity index (χ4n) is 1.75. The Morgan fingerprint density at radius 1 is 1.61 bits per heavy atom. The Bertz CT molecular complexity index is 607. The zero-order valence-electron chi connectivity index (χ0n) is 14.0. The monoisotopic (exact) mass is 354 g/mol. The van der Waals surface area contributed by atoms with E-state index in [1.807, 2.05) is 13.0 Å². The van der Waals surface area contributed by atoms with Gasteiger partial charge in [-0.3, -0.25) is 9.79 Å². The Labute approximate surface area is 147 Å². The molecule has 7 heteroatoms. The summed E-state index contributed by atoms with van der Waals surface area (Å²) in [6, 6.07) is 0. The van der Waals surface area contributed by atoms with E-state index in [2.05, 4.69) is 30.7 Å². The Morgan fingerprint density at radius 3 is 2.91 bits per heavy atom. The molecule has 1 heterocycles. The van der Waals surface area contributed by atoms with Crippen molar-refractivity contribution in [1.29, 1.82) is 0 Å². The van der Waals surface area contributed by atoms with Gasteiger partial charge in [-0.1, -0.05) is 25.4 Å². The van der Waals surface area contributed by atoms with Crippen LogP contribution in [0.5, 0.6) is 0 Å². The lowest BCUT2D eigenvalue weighted by atomic mass is 10.4. The summed E-state index contributed by atoms with van der Waals surface area (Å²) in [4.78, 5) is 17.4. The molecule has 1 aromatic heterocycles. The van der Waals surface area contributed by atoms with Crippen LogP contribution in [0.25, 0.3) is 5.70 Å². The van der Waals surface area contributed by atoms with Crippen molar-refractivity contribution < 1.29 is 4.79 Å². The van der Waals surface area contributed by atoms with Crippen molar-refractivity contribution in [3.8, 4) is 0 Å². The van der Waals surface area contributed by atoms with Gasteiger partial charge >= 0.3 is 0 Å². The molecule has 0 fully saturated rings. The second-order valence-electron chi connectivity index (χ2n) is 5.20. The smallest absolute Gasteiger partial charge is 0.227 e. The molecular formula is C16H23ClN4OS. The minimum absolute atomic E-state index is 0.0250. The standard InChI is InChI=1S/C16H23ClN4OS/c1-12(2)23-10-8-15(22)20(5)14-11-21(19-16(14)17)13(3)7-6-9-18-4/h6-7,9,11-12H,4,8,10H2,1-3,5H3/b9-6-,13-7+. The largest absolute Gasteiger partial charge is 0.311 e. The van der Waals surface area contributed by atoms with Gasteiger partial charge in [-0.05, 0) is 31.0 Å². The molecule has 1 amide bonds. The maximum atomic E-state index is 12.2. The number of hydrogen-bond donors (Lipinski definition) is 0. The molecule has 126 valence electrons. The fourth-order valence-corrected chi connectivity index (χ4v) is 2.77. The molecule has 0 N–H and O–H groups in total. The van der Waals surface area contributed by atoms with E-state index < -0.39 is 0 Å². The first kappa shape index (κ1) is 19.5. The van der Waals surface area contributed by atoms with Gasteiger partial charge in [0, 0.05) is 31.1 Å². The molecule has 0 spiro atoms. The molecule has 0 saturated heterocycles. The quantitative estimate of drug-likeness (QED) is 0.521. The average molecular weight is 355 g/mol. The lowest BCUT2D eigenvalue weighted by molar-refractivity contribution is -0.117. The number of thioether (sulfide) groups is 1. The Kier molecular flexibility index (Phi) is 8.12. The van der Waals surface area contributed by atoms with Gasteiger partial charge in [-0.25, -0.2) is 4.68 Å². The highest BCUT2D eigenvalue weighted by molar-refractivity contribution is 7.99. The molecule has 1 aromatic rings. The van der Waals surface area contributed by atoms with E-state index in [9.17, 15) is 4.79 Å². The van der Waals surface area contributed by atoms with E-state index in [0.29, 0.717) is 22.5 Å². The Balaban J connectivity index is 2.80. The van der Waals surface area contributed by atoms with Gasteiger partial charge in [0.25, 0.3) is 0 Å². The minimum atomic E-state index is 0.0250. The number of allylic oxidation sites excluding steroid dienone is 3. The van der Waals surface area contributed by atoms with E-state index in [-0.39, 0.29) is 5.91 Å². The summed E-state index contributed by atoms with van der Waals surface area (Å²) in [5.74, 6) is 0.821. The molecule has 5 nitrogen and oxygen atoms in total. The molecule has 0 aliphatic heterocycles. The number of hydrogen-bond acceptors (Lipinski definition) is 4. The second-order valence-corrected chi connectivity index (χ2v) is 7.25. The first-order valence-corrected chi connectivity index (χ1v) is 8.72.